The van der Waals surface area contributed by atoms with Gasteiger partial charge in [-0.15, -0.1) is 0 Å². The van der Waals surface area contributed by atoms with Gasteiger partial charge in [-0.2, -0.15) is 0 Å². The quantitative estimate of drug-likeness (QED) is 0.838. The predicted octanol–water partition coefficient (Wildman–Crippen LogP) is 2.00. The molecule has 0 aromatic carbocycles. The van der Waals surface area contributed by atoms with Gasteiger partial charge >= 0.3 is 0 Å². The third kappa shape index (κ3) is 3.54. The van der Waals surface area contributed by atoms with Crippen molar-refractivity contribution in [1.82, 2.24) is 4.72 Å². The van der Waals surface area contributed by atoms with Crippen LogP contribution in [0.3, 0.4) is 0 Å². The summed E-state index contributed by atoms with van der Waals surface area (Å²) in [5.41, 5.74) is 0. The summed E-state index contributed by atoms with van der Waals surface area (Å²) >= 11 is 3.03. The topological polar surface area (TPSA) is 79.5 Å². The number of sulfonamides is 1. The van der Waals surface area contributed by atoms with Crippen LogP contribution in [-0.4, -0.2) is 19.6 Å². The molecule has 0 aliphatic carbocycles. The Kier molecular flexibility index (Phi) is 5.18. The second-order valence-corrected chi connectivity index (χ2v) is 6.05. The van der Waals surface area contributed by atoms with Crippen molar-refractivity contribution in [3.63, 3.8) is 0 Å². The first-order valence-corrected chi connectivity index (χ1v) is 7.63. The molecule has 7 heteroatoms. The number of nitrogens with one attached hydrogen (secondary N) is 1. The van der Waals surface area contributed by atoms with Gasteiger partial charge in [-0.3, -0.25) is 0 Å². The highest BCUT2D eigenvalue weighted by Crippen LogP contribution is 2.26. The molecule has 0 unspecified atom stereocenters. The number of rotatable bonds is 6. The first kappa shape index (κ1) is 14.7. The van der Waals surface area contributed by atoms with Gasteiger partial charge in [0.2, 0.25) is 10.0 Å². The second-order valence-electron chi connectivity index (χ2n) is 3.64. The smallest absolute Gasteiger partial charge is 0.245 e. The summed E-state index contributed by atoms with van der Waals surface area (Å²) in [6, 6.07) is 1.22. The molecule has 1 rings (SSSR count). The summed E-state index contributed by atoms with van der Waals surface area (Å²) < 4.78 is 31.8. The molecular formula is C10H16BrNO4S. The van der Waals surface area contributed by atoms with Crippen molar-refractivity contribution in [2.24, 2.45) is 0 Å². The number of aliphatic hydroxyl groups excluding tert-OH is 1. The molecule has 1 heterocycles. The molecular weight excluding hydrogens is 310 g/mol. The molecule has 1 aromatic heterocycles. The number of furan rings is 1. The van der Waals surface area contributed by atoms with E-state index in [0.29, 0.717) is 0 Å². The van der Waals surface area contributed by atoms with E-state index in [4.69, 9.17) is 9.52 Å². The second kappa shape index (κ2) is 5.99. The normalized spacial score (nSPS) is 12.3. The maximum Gasteiger partial charge on any atom is 0.245 e. The van der Waals surface area contributed by atoms with Gasteiger partial charge in [-0.1, -0.05) is 13.8 Å². The first-order chi connectivity index (χ1) is 7.94. The minimum absolute atomic E-state index is 0.0217. The van der Waals surface area contributed by atoms with Crippen molar-refractivity contribution in [2.45, 2.75) is 44.2 Å². The summed E-state index contributed by atoms with van der Waals surface area (Å²) in [5, 5.41) is 8.89. The Bertz CT molecular complexity index is 465. The fraction of sp³-hybridized carbons (Fsp3) is 0.600. The van der Waals surface area contributed by atoms with Crippen molar-refractivity contribution in [1.29, 1.82) is 0 Å². The molecule has 0 spiro atoms. The van der Waals surface area contributed by atoms with Crippen LogP contribution in [0.2, 0.25) is 0 Å². The van der Waals surface area contributed by atoms with Crippen LogP contribution < -0.4 is 4.72 Å². The van der Waals surface area contributed by atoms with Crippen LogP contribution in [0.5, 0.6) is 0 Å². The Morgan fingerprint density at radius 3 is 2.47 bits per heavy atom. The van der Waals surface area contributed by atoms with Crippen LogP contribution in [-0.2, 0) is 16.6 Å². The molecule has 0 fully saturated rings. The molecule has 0 bridgehead atoms. The molecule has 1 aromatic rings. The van der Waals surface area contributed by atoms with Crippen molar-refractivity contribution in [3.05, 3.63) is 16.5 Å². The van der Waals surface area contributed by atoms with E-state index in [9.17, 15) is 8.42 Å². The first-order valence-electron chi connectivity index (χ1n) is 5.36. The maximum absolute atomic E-state index is 12.0. The van der Waals surface area contributed by atoms with E-state index in [1.807, 2.05) is 13.8 Å². The standard InChI is InChI=1S/C10H16BrNO4S/c1-3-7(4-2)12-17(14,15)9-5-8(6-13)16-10(9)11/h5,7,12-13H,3-4,6H2,1-2H3. The highest BCUT2D eigenvalue weighted by Gasteiger charge is 2.24. The third-order valence-corrected chi connectivity index (χ3v) is 4.84. The number of halogens is 1. The molecule has 0 saturated carbocycles. The van der Waals surface area contributed by atoms with E-state index >= 15 is 0 Å². The summed E-state index contributed by atoms with van der Waals surface area (Å²) in [7, 11) is -3.61. The van der Waals surface area contributed by atoms with Crippen LogP contribution in [0, 0.1) is 0 Å². The third-order valence-electron chi connectivity index (χ3n) is 2.46. The minimum atomic E-state index is -3.61. The van der Waals surface area contributed by atoms with Gasteiger partial charge in [-0.25, -0.2) is 13.1 Å². The van der Waals surface area contributed by atoms with Crippen molar-refractivity contribution >= 4 is 26.0 Å². The summed E-state index contributed by atoms with van der Waals surface area (Å²) in [4.78, 5) is 0.0217. The largest absolute Gasteiger partial charge is 0.450 e. The Morgan fingerprint density at radius 2 is 2.06 bits per heavy atom. The Balaban J connectivity index is 3.00. The van der Waals surface area contributed by atoms with E-state index in [2.05, 4.69) is 20.7 Å². The lowest BCUT2D eigenvalue weighted by molar-refractivity contribution is 0.245. The number of aliphatic hydroxyl groups is 1. The van der Waals surface area contributed by atoms with Gasteiger partial charge in [0.05, 0.1) is 0 Å². The number of hydrogen-bond donors (Lipinski definition) is 2. The van der Waals surface area contributed by atoms with Crippen LogP contribution in [0.1, 0.15) is 32.4 Å². The van der Waals surface area contributed by atoms with E-state index in [0.717, 1.165) is 12.8 Å². The van der Waals surface area contributed by atoms with E-state index in [1.165, 1.54) is 6.07 Å². The zero-order chi connectivity index (χ0) is 13.1. The predicted molar refractivity (Wildman–Crippen MR) is 67.0 cm³/mol. The highest BCUT2D eigenvalue weighted by atomic mass is 79.9. The molecule has 0 aliphatic heterocycles. The summed E-state index contributed by atoms with van der Waals surface area (Å²) in [5.74, 6) is 0.210. The molecule has 0 amide bonds. The van der Waals surface area contributed by atoms with Gasteiger partial charge in [-0.05, 0) is 28.8 Å². The lowest BCUT2D eigenvalue weighted by Gasteiger charge is -2.13. The molecule has 2 N–H and O–H groups in total. The average molecular weight is 326 g/mol. The Morgan fingerprint density at radius 1 is 1.47 bits per heavy atom. The maximum atomic E-state index is 12.0. The van der Waals surface area contributed by atoms with Gasteiger partial charge in [0.1, 0.15) is 17.3 Å². The van der Waals surface area contributed by atoms with Crippen molar-refractivity contribution < 1.29 is 17.9 Å². The highest BCUT2D eigenvalue weighted by molar-refractivity contribution is 9.10. The molecule has 0 atom stereocenters. The molecule has 0 radical (unpaired) electrons. The SMILES string of the molecule is CCC(CC)NS(=O)(=O)c1cc(CO)oc1Br. The van der Waals surface area contributed by atoms with Crippen LogP contribution >= 0.6 is 15.9 Å². The van der Waals surface area contributed by atoms with E-state index < -0.39 is 10.0 Å². The fourth-order valence-corrected chi connectivity index (χ4v) is 3.80. The molecule has 0 saturated heterocycles. The molecule has 98 valence electrons. The lowest BCUT2D eigenvalue weighted by atomic mass is 10.2. The summed E-state index contributed by atoms with van der Waals surface area (Å²) in [6.07, 6.45) is 1.44. The molecule has 0 aliphatic rings. The van der Waals surface area contributed by atoms with Crippen LogP contribution in [0.25, 0.3) is 0 Å². The number of hydrogen-bond acceptors (Lipinski definition) is 4. The minimum Gasteiger partial charge on any atom is -0.450 e. The zero-order valence-corrected chi connectivity index (χ0v) is 12.1. The van der Waals surface area contributed by atoms with E-state index in [1.54, 1.807) is 0 Å². The van der Waals surface area contributed by atoms with Gasteiger partial charge in [0.25, 0.3) is 0 Å². The Labute approximate surface area is 109 Å². The van der Waals surface area contributed by atoms with Crippen molar-refractivity contribution in [3.8, 4) is 0 Å². The fourth-order valence-electron chi connectivity index (χ4n) is 1.40. The van der Waals surface area contributed by atoms with Gasteiger partial charge in [0, 0.05) is 12.1 Å². The van der Waals surface area contributed by atoms with Crippen LogP contribution in [0.4, 0.5) is 0 Å². The van der Waals surface area contributed by atoms with Crippen molar-refractivity contribution in [2.75, 3.05) is 0 Å². The van der Waals surface area contributed by atoms with Crippen LogP contribution in [0.15, 0.2) is 20.0 Å². The summed E-state index contributed by atoms with van der Waals surface area (Å²) in [6.45, 7) is 3.50. The zero-order valence-electron chi connectivity index (χ0n) is 9.73. The molecule has 5 nitrogen and oxygen atoms in total. The lowest BCUT2D eigenvalue weighted by Crippen LogP contribution is -2.33. The van der Waals surface area contributed by atoms with E-state index in [-0.39, 0.29) is 28.0 Å². The average Bonchev–Trinajstić information content (AvgIpc) is 2.68. The van der Waals surface area contributed by atoms with Gasteiger partial charge < -0.3 is 9.52 Å². The monoisotopic (exact) mass is 325 g/mol. The molecule has 17 heavy (non-hydrogen) atoms. The Hall–Kier alpha value is -0.370. The van der Waals surface area contributed by atoms with Gasteiger partial charge in [0.15, 0.2) is 4.67 Å².